The molecule has 0 saturated heterocycles. The van der Waals surface area contributed by atoms with Crippen molar-refractivity contribution in [2.45, 2.75) is 6.42 Å². The molecule has 1 aromatic rings. The smallest absolute Gasteiger partial charge is 0.377 e. The third-order valence-corrected chi connectivity index (χ3v) is 2.43. The Morgan fingerprint density at radius 2 is 2.19 bits per heavy atom. The van der Waals surface area contributed by atoms with Gasteiger partial charge >= 0.3 is 5.97 Å². The highest BCUT2D eigenvalue weighted by molar-refractivity contribution is 6.40. The van der Waals surface area contributed by atoms with Crippen LogP contribution < -0.4 is 9.47 Å². The minimum atomic E-state index is -1.47. The molecule has 5 heteroatoms. The quantitative estimate of drug-likeness (QED) is 0.607. The molecule has 0 atom stereocenters. The Bertz CT molecular complexity index is 464. The minimum Gasteiger partial charge on any atom is -0.493 e. The Kier molecular flexibility index (Phi) is 2.52. The van der Waals surface area contributed by atoms with E-state index in [0.717, 1.165) is 5.56 Å². The van der Waals surface area contributed by atoms with E-state index in [-0.39, 0.29) is 5.56 Å². The molecule has 1 N–H and O–H groups in total. The number of carboxylic acids is 1. The first-order valence-electron chi connectivity index (χ1n) is 4.75. The Balaban J connectivity index is 2.50. The van der Waals surface area contributed by atoms with Gasteiger partial charge in [-0.2, -0.15) is 0 Å². The average molecular weight is 222 g/mol. The predicted octanol–water partition coefficient (Wildman–Crippen LogP) is 0.897. The fraction of sp³-hybridized carbons (Fsp3) is 0.273. The van der Waals surface area contributed by atoms with Crippen LogP contribution in [-0.2, 0) is 11.2 Å². The van der Waals surface area contributed by atoms with Crippen LogP contribution in [-0.4, -0.2) is 30.6 Å². The molecule has 0 saturated carbocycles. The van der Waals surface area contributed by atoms with Crippen molar-refractivity contribution >= 4 is 11.8 Å². The molecule has 16 heavy (non-hydrogen) atoms. The zero-order chi connectivity index (χ0) is 11.7. The molecule has 0 radical (unpaired) electrons. The first-order valence-corrected chi connectivity index (χ1v) is 4.75. The van der Waals surface area contributed by atoms with Crippen molar-refractivity contribution in [1.82, 2.24) is 0 Å². The first-order chi connectivity index (χ1) is 7.63. The molecule has 0 fully saturated rings. The van der Waals surface area contributed by atoms with Gasteiger partial charge in [-0.05, 0) is 12.1 Å². The van der Waals surface area contributed by atoms with E-state index in [2.05, 4.69) is 0 Å². The maximum atomic E-state index is 11.3. The normalized spacial score (nSPS) is 12.8. The van der Waals surface area contributed by atoms with Crippen LogP contribution in [0.5, 0.6) is 11.5 Å². The van der Waals surface area contributed by atoms with Gasteiger partial charge < -0.3 is 14.6 Å². The average Bonchev–Trinajstić information content (AvgIpc) is 2.74. The first kappa shape index (κ1) is 10.5. The molecule has 5 nitrogen and oxygen atoms in total. The van der Waals surface area contributed by atoms with Gasteiger partial charge in [0.2, 0.25) is 0 Å². The highest BCUT2D eigenvalue weighted by Gasteiger charge is 2.23. The van der Waals surface area contributed by atoms with E-state index >= 15 is 0 Å². The number of hydrogen-bond donors (Lipinski definition) is 1. The molecular weight excluding hydrogens is 212 g/mol. The summed E-state index contributed by atoms with van der Waals surface area (Å²) in [5.41, 5.74) is 0.928. The van der Waals surface area contributed by atoms with Gasteiger partial charge in [-0.1, -0.05) is 0 Å². The van der Waals surface area contributed by atoms with Gasteiger partial charge in [-0.25, -0.2) is 4.79 Å². The summed E-state index contributed by atoms with van der Waals surface area (Å²) in [6, 6.07) is 2.93. The standard InChI is InChI=1S/C11H10O5/c1-15-8-5-7(9(12)11(13)14)4-6-2-3-16-10(6)8/h4-5H,2-3H2,1H3,(H,13,14). The summed E-state index contributed by atoms with van der Waals surface area (Å²) in [4.78, 5) is 21.9. The Morgan fingerprint density at radius 3 is 2.81 bits per heavy atom. The number of aliphatic carboxylic acids is 1. The van der Waals surface area contributed by atoms with Crippen LogP contribution in [0.4, 0.5) is 0 Å². The van der Waals surface area contributed by atoms with Gasteiger partial charge in [0, 0.05) is 17.5 Å². The summed E-state index contributed by atoms with van der Waals surface area (Å²) < 4.78 is 10.4. The van der Waals surface area contributed by atoms with Crippen molar-refractivity contribution in [1.29, 1.82) is 0 Å². The number of methoxy groups -OCH3 is 1. The molecule has 0 amide bonds. The lowest BCUT2D eigenvalue weighted by atomic mass is 10.0. The molecule has 1 aliphatic heterocycles. The number of ether oxygens (including phenoxy) is 2. The molecule has 1 aromatic carbocycles. The third kappa shape index (κ3) is 1.60. The topological polar surface area (TPSA) is 72.8 Å². The highest BCUT2D eigenvalue weighted by Crippen LogP contribution is 2.36. The molecule has 1 aliphatic rings. The highest BCUT2D eigenvalue weighted by atomic mass is 16.5. The molecule has 0 bridgehead atoms. The number of carbonyl (C=O) groups excluding carboxylic acids is 1. The van der Waals surface area contributed by atoms with E-state index in [0.29, 0.717) is 24.5 Å². The van der Waals surface area contributed by atoms with E-state index < -0.39 is 11.8 Å². The van der Waals surface area contributed by atoms with Crippen molar-refractivity contribution < 1.29 is 24.2 Å². The van der Waals surface area contributed by atoms with Gasteiger partial charge in [0.05, 0.1) is 13.7 Å². The lowest BCUT2D eigenvalue weighted by Gasteiger charge is -2.08. The summed E-state index contributed by atoms with van der Waals surface area (Å²) in [5.74, 6) is -1.40. The molecule has 0 aliphatic carbocycles. The molecule has 0 unspecified atom stereocenters. The largest absolute Gasteiger partial charge is 0.493 e. The molecule has 0 aromatic heterocycles. The summed E-state index contributed by atoms with van der Waals surface area (Å²) in [7, 11) is 1.45. The second kappa shape index (κ2) is 3.84. The lowest BCUT2D eigenvalue weighted by Crippen LogP contribution is -2.13. The van der Waals surface area contributed by atoms with Crippen LogP contribution >= 0.6 is 0 Å². The predicted molar refractivity (Wildman–Crippen MR) is 54.2 cm³/mol. The fourth-order valence-electron chi connectivity index (χ4n) is 1.68. The number of ketones is 1. The van der Waals surface area contributed by atoms with E-state index in [1.165, 1.54) is 13.2 Å². The number of rotatable bonds is 3. The minimum absolute atomic E-state index is 0.119. The van der Waals surface area contributed by atoms with Gasteiger partial charge in [0.1, 0.15) is 0 Å². The van der Waals surface area contributed by atoms with E-state index in [1.54, 1.807) is 6.07 Å². The number of carboxylic acid groups (broad SMARTS) is 1. The fourth-order valence-corrected chi connectivity index (χ4v) is 1.68. The third-order valence-electron chi connectivity index (χ3n) is 2.43. The van der Waals surface area contributed by atoms with Crippen LogP contribution in [0.3, 0.4) is 0 Å². The number of carbonyl (C=O) groups is 2. The molecular formula is C11H10O5. The lowest BCUT2D eigenvalue weighted by molar-refractivity contribution is -0.131. The SMILES string of the molecule is COc1cc(C(=O)C(=O)O)cc2c1OCC2. The number of fused-ring (bicyclic) bond motifs is 1. The van der Waals surface area contributed by atoms with Crippen LogP contribution in [0.1, 0.15) is 15.9 Å². The van der Waals surface area contributed by atoms with Gasteiger partial charge in [0.15, 0.2) is 11.5 Å². The summed E-state index contributed by atoms with van der Waals surface area (Å²) in [6.45, 7) is 0.524. The molecule has 2 rings (SSSR count). The summed E-state index contributed by atoms with van der Waals surface area (Å²) in [6.07, 6.45) is 0.659. The summed E-state index contributed by atoms with van der Waals surface area (Å²) in [5, 5.41) is 8.63. The Labute approximate surface area is 91.6 Å². The monoisotopic (exact) mass is 222 g/mol. The van der Waals surface area contributed by atoms with Crippen LogP contribution in [0.2, 0.25) is 0 Å². The van der Waals surface area contributed by atoms with Crippen molar-refractivity contribution in [2.75, 3.05) is 13.7 Å². The number of hydrogen-bond acceptors (Lipinski definition) is 4. The van der Waals surface area contributed by atoms with Gasteiger partial charge in [0.25, 0.3) is 5.78 Å². The van der Waals surface area contributed by atoms with Crippen molar-refractivity contribution in [3.05, 3.63) is 23.3 Å². The van der Waals surface area contributed by atoms with E-state index in [9.17, 15) is 9.59 Å². The Morgan fingerprint density at radius 1 is 1.44 bits per heavy atom. The van der Waals surface area contributed by atoms with Crippen molar-refractivity contribution in [2.24, 2.45) is 0 Å². The summed E-state index contributed by atoms with van der Waals surface area (Å²) >= 11 is 0. The van der Waals surface area contributed by atoms with E-state index in [4.69, 9.17) is 14.6 Å². The second-order valence-corrected chi connectivity index (χ2v) is 3.40. The molecule has 0 spiro atoms. The van der Waals surface area contributed by atoms with Crippen LogP contribution in [0.15, 0.2) is 12.1 Å². The van der Waals surface area contributed by atoms with Gasteiger partial charge in [-0.3, -0.25) is 4.79 Å². The Hall–Kier alpha value is -2.04. The second-order valence-electron chi connectivity index (χ2n) is 3.40. The zero-order valence-corrected chi connectivity index (χ0v) is 8.65. The molecule has 84 valence electrons. The van der Waals surface area contributed by atoms with Gasteiger partial charge in [-0.15, -0.1) is 0 Å². The van der Waals surface area contributed by atoms with Crippen LogP contribution in [0.25, 0.3) is 0 Å². The van der Waals surface area contributed by atoms with Crippen LogP contribution in [0, 0.1) is 0 Å². The van der Waals surface area contributed by atoms with Crippen molar-refractivity contribution in [3.8, 4) is 11.5 Å². The maximum absolute atomic E-state index is 11.3. The number of Topliss-reactive ketones (excluding diaryl/α,β-unsaturated/α-hetero) is 1. The van der Waals surface area contributed by atoms with Crippen molar-refractivity contribution in [3.63, 3.8) is 0 Å². The zero-order valence-electron chi connectivity index (χ0n) is 8.65. The van der Waals surface area contributed by atoms with E-state index in [1.807, 2.05) is 0 Å². The maximum Gasteiger partial charge on any atom is 0.377 e. The molecule has 1 heterocycles. The number of benzene rings is 1.